The summed E-state index contributed by atoms with van der Waals surface area (Å²) >= 11 is 0. The second-order valence-electron chi connectivity index (χ2n) is 8.33. The molecule has 1 saturated carbocycles. The first kappa shape index (κ1) is 24.9. The van der Waals surface area contributed by atoms with Crippen LogP contribution in [0.2, 0.25) is 0 Å². The van der Waals surface area contributed by atoms with Crippen LogP contribution in [0.15, 0.2) is 65.6 Å². The van der Waals surface area contributed by atoms with Gasteiger partial charge < -0.3 is 15.7 Å². The summed E-state index contributed by atoms with van der Waals surface area (Å²) in [6.07, 6.45) is 1.98. The predicted molar refractivity (Wildman–Crippen MR) is 124 cm³/mol. The average Bonchev–Trinajstić information content (AvgIpc) is 2.86. The highest BCUT2D eigenvalue weighted by atomic mass is 32.2. The number of carbonyl (C=O) groups is 2. The smallest absolute Gasteiger partial charge is 0.240 e. The second-order valence-corrected chi connectivity index (χ2v) is 10.1. The largest absolute Gasteiger partial charge is 0.387 e. The number of hydrogen-bond donors (Lipinski definition) is 4. The standard InChI is InChI=1S/C24H31N3O5S/c28-22(19-7-3-1-4-8-19)16-25-23(29)17-26-24(30)20-13-11-18(12-14-20)15-27-33(31,32)21-9-5-2-6-10-21/h1-10,18,20,22,27-28H,11-17H2,(H,25,29)(H,26,30)/t18?,20?,22-/m1/s1. The topological polar surface area (TPSA) is 125 Å². The predicted octanol–water partition coefficient (Wildman–Crippen LogP) is 1.74. The van der Waals surface area contributed by atoms with Gasteiger partial charge in [-0.1, -0.05) is 48.5 Å². The summed E-state index contributed by atoms with van der Waals surface area (Å²) in [5.74, 6) is -0.538. The van der Waals surface area contributed by atoms with Crippen LogP contribution >= 0.6 is 0 Å². The summed E-state index contributed by atoms with van der Waals surface area (Å²) in [5, 5.41) is 15.4. The zero-order chi connectivity index (χ0) is 23.7. The molecule has 2 aromatic carbocycles. The van der Waals surface area contributed by atoms with E-state index in [2.05, 4.69) is 15.4 Å². The fourth-order valence-electron chi connectivity index (χ4n) is 3.92. The highest BCUT2D eigenvalue weighted by Gasteiger charge is 2.27. The molecule has 0 saturated heterocycles. The van der Waals surface area contributed by atoms with Crippen molar-refractivity contribution in [3.05, 3.63) is 66.2 Å². The molecule has 0 aromatic heterocycles. The molecule has 2 aromatic rings. The fraction of sp³-hybridized carbons (Fsp3) is 0.417. The molecule has 0 radical (unpaired) electrons. The zero-order valence-corrected chi connectivity index (χ0v) is 19.3. The number of rotatable bonds is 10. The number of carbonyl (C=O) groups excluding carboxylic acids is 2. The molecule has 0 unspecified atom stereocenters. The third-order valence-electron chi connectivity index (χ3n) is 5.93. The lowest BCUT2D eigenvalue weighted by Crippen LogP contribution is -2.42. The van der Waals surface area contributed by atoms with Crippen molar-refractivity contribution in [3.63, 3.8) is 0 Å². The Kier molecular flexibility index (Phi) is 8.99. The molecule has 0 bridgehead atoms. The molecule has 178 valence electrons. The number of amides is 2. The monoisotopic (exact) mass is 473 g/mol. The molecule has 8 nitrogen and oxygen atoms in total. The van der Waals surface area contributed by atoms with E-state index in [4.69, 9.17) is 0 Å². The van der Waals surface area contributed by atoms with E-state index in [0.717, 1.165) is 12.8 Å². The molecule has 0 aliphatic heterocycles. The van der Waals surface area contributed by atoms with Gasteiger partial charge >= 0.3 is 0 Å². The van der Waals surface area contributed by atoms with Crippen molar-refractivity contribution in [2.75, 3.05) is 19.6 Å². The van der Waals surface area contributed by atoms with Gasteiger partial charge in [-0.2, -0.15) is 0 Å². The van der Waals surface area contributed by atoms with E-state index in [9.17, 15) is 23.1 Å². The maximum Gasteiger partial charge on any atom is 0.240 e. The van der Waals surface area contributed by atoms with Gasteiger partial charge in [-0.25, -0.2) is 13.1 Å². The molecule has 4 N–H and O–H groups in total. The minimum Gasteiger partial charge on any atom is -0.387 e. The summed E-state index contributed by atoms with van der Waals surface area (Å²) in [7, 11) is -3.53. The van der Waals surface area contributed by atoms with Crippen molar-refractivity contribution < 1.29 is 23.1 Å². The van der Waals surface area contributed by atoms with E-state index in [1.54, 1.807) is 42.5 Å². The Balaban J connectivity index is 1.33. The molecule has 0 heterocycles. The van der Waals surface area contributed by atoms with Crippen LogP contribution in [-0.4, -0.2) is 45.0 Å². The van der Waals surface area contributed by atoms with Crippen molar-refractivity contribution in [3.8, 4) is 0 Å². The van der Waals surface area contributed by atoms with Gasteiger partial charge in [0.1, 0.15) is 0 Å². The highest BCUT2D eigenvalue weighted by Crippen LogP contribution is 2.28. The van der Waals surface area contributed by atoms with Crippen LogP contribution in [0.25, 0.3) is 0 Å². The Morgan fingerprint density at radius 2 is 1.52 bits per heavy atom. The number of benzene rings is 2. The normalized spacial score (nSPS) is 19.4. The van der Waals surface area contributed by atoms with E-state index in [-0.39, 0.29) is 41.6 Å². The van der Waals surface area contributed by atoms with Crippen molar-refractivity contribution in [2.24, 2.45) is 11.8 Å². The Bertz CT molecular complexity index is 1010. The molecule has 1 atom stereocenters. The molecule has 9 heteroatoms. The van der Waals surface area contributed by atoms with E-state index < -0.39 is 16.1 Å². The first-order valence-corrected chi connectivity index (χ1v) is 12.7. The van der Waals surface area contributed by atoms with Crippen LogP contribution in [-0.2, 0) is 19.6 Å². The number of sulfonamides is 1. The second kappa shape index (κ2) is 11.9. The van der Waals surface area contributed by atoms with Gasteiger partial charge in [-0.3, -0.25) is 9.59 Å². The molecule has 33 heavy (non-hydrogen) atoms. The maximum atomic E-state index is 12.4. The maximum absolute atomic E-state index is 12.4. The lowest BCUT2D eigenvalue weighted by molar-refractivity contribution is -0.129. The number of nitrogens with one attached hydrogen (secondary N) is 3. The summed E-state index contributed by atoms with van der Waals surface area (Å²) in [5.41, 5.74) is 0.713. The van der Waals surface area contributed by atoms with Gasteiger partial charge in [0.15, 0.2) is 0 Å². The lowest BCUT2D eigenvalue weighted by Gasteiger charge is -2.27. The van der Waals surface area contributed by atoms with Gasteiger partial charge in [0, 0.05) is 19.0 Å². The first-order valence-electron chi connectivity index (χ1n) is 11.2. The molecular weight excluding hydrogens is 442 g/mol. The Morgan fingerprint density at radius 3 is 2.15 bits per heavy atom. The Labute approximate surface area is 194 Å². The van der Waals surface area contributed by atoms with Gasteiger partial charge in [-0.15, -0.1) is 0 Å². The summed E-state index contributed by atoms with van der Waals surface area (Å²) in [4.78, 5) is 24.7. The van der Waals surface area contributed by atoms with Crippen molar-refractivity contribution >= 4 is 21.8 Å². The number of aliphatic hydroxyl groups is 1. The molecule has 1 aliphatic carbocycles. The van der Waals surface area contributed by atoms with Crippen LogP contribution in [0, 0.1) is 11.8 Å². The van der Waals surface area contributed by atoms with Gasteiger partial charge in [0.25, 0.3) is 0 Å². The van der Waals surface area contributed by atoms with E-state index in [1.165, 1.54) is 0 Å². The van der Waals surface area contributed by atoms with Crippen LogP contribution in [0.5, 0.6) is 0 Å². The summed E-state index contributed by atoms with van der Waals surface area (Å²) in [6, 6.07) is 17.3. The van der Waals surface area contributed by atoms with E-state index >= 15 is 0 Å². The third-order valence-corrected chi connectivity index (χ3v) is 7.37. The number of hydrogen-bond acceptors (Lipinski definition) is 5. The van der Waals surface area contributed by atoms with Crippen molar-refractivity contribution in [2.45, 2.75) is 36.7 Å². The highest BCUT2D eigenvalue weighted by molar-refractivity contribution is 7.89. The lowest BCUT2D eigenvalue weighted by atomic mass is 9.81. The molecule has 2 amide bonds. The van der Waals surface area contributed by atoms with Crippen molar-refractivity contribution in [1.82, 2.24) is 15.4 Å². The average molecular weight is 474 g/mol. The Hall–Kier alpha value is -2.75. The zero-order valence-electron chi connectivity index (χ0n) is 18.4. The minimum absolute atomic E-state index is 0.0721. The van der Waals surface area contributed by atoms with E-state index in [0.29, 0.717) is 24.9 Å². The Morgan fingerprint density at radius 1 is 0.909 bits per heavy atom. The molecule has 0 spiro atoms. The third kappa shape index (κ3) is 7.66. The molecule has 1 fully saturated rings. The van der Waals surface area contributed by atoms with E-state index in [1.807, 2.05) is 18.2 Å². The van der Waals surface area contributed by atoms with Crippen LogP contribution in [0.3, 0.4) is 0 Å². The van der Waals surface area contributed by atoms with Crippen LogP contribution < -0.4 is 15.4 Å². The fourth-order valence-corrected chi connectivity index (χ4v) is 5.05. The van der Waals surface area contributed by atoms with Crippen molar-refractivity contribution in [1.29, 1.82) is 0 Å². The van der Waals surface area contributed by atoms with Gasteiger partial charge in [0.2, 0.25) is 21.8 Å². The first-order chi connectivity index (χ1) is 15.8. The van der Waals surface area contributed by atoms with Crippen LogP contribution in [0.1, 0.15) is 37.4 Å². The van der Waals surface area contributed by atoms with Gasteiger partial charge in [-0.05, 0) is 49.3 Å². The minimum atomic E-state index is -3.53. The van der Waals surface area contributed by atoms with Gasteiger partial charge in [0.05, 0.1) is 17.5 Å². The SMILES string of the molecule is O=C(CNC(=O)C1CCC(CNS(=O)(=O)c2ccccc2)CC1)NC[C@@H](O)c1ccccc1. The van der Waals surface area contributed by atoms with Crippen LogP contribution in [0.4, 0.5) is 0 Å². The molecule has 1 aliphatic rings. The molecule has 3 rings (SSSR count). The molecular formula is C24H31N3O5S. The summed E-state index contributed by atoms with van der Waals surface area (Å²) in [6.45, 7) is 0.275. The quantitative estimate of drug-likeness (QED) is 0.418. The summed E-state index contributed by atoms with van der Waals surface area (Å²) < 4.78 is 27.3. The number of aliphatic hydroxyl groups excluding tert-OH is 1.